The highest BCUT2D eigenvalue weighted by Gasteiger charge is 2.07. The number of piperazine rings is 1. The topological polar surface area (TPSA) is 32.8 Å². The van der Waals surface area contributed by atoms with Gasteiger partial charge in [0.2, 0.25) is 0 Å². The zero-order valence-corrected chi connectivity index (χ0v) is 14.3. The van der Waals surface area contributed by atoms with Crippen molar-refractivity contribution in [3.63, 3.8) is 0 Å². The SMILES string of the molecule is CC.CN1CCN(C)CC1.O=CCOc1ccc(Cl)cc1. The van der Waals surface area contributed by atoms with Crippen LogP contribution in [0.3, 0.4) is 0 Å². The van der Waals surface area contributed by atoms with Crippen molar-refractivity contribution >= 4 is 17.9 Å². The quantitative estimate of drug-likeness (QED) is 0.803. The number of hydrogen-bond acceptors (Lipinski definition) is 4. The van der Waals surface area contributed by atoms with E-state index in [0.29, 0.717) is 17.1 Å². The van der Waals surface area contributed by atoms with E-state index in [0.717, 1.165) is 0 Å². The maximum Gasteiger partial charge on any atom is 0.157 e. The number of halogens is 1. The molecule has 1 aromatic rings. The normalized spacial score (nSPS) is 15.1. The first-order valence-electron chi connectivity index (χ1n) is 7.31. The fourth-order valence-electron chi connectivity index (χ4n) is 1.57. The summed E-state index contributed by atoms with van der Waals surface area (Å²) in [5.74, 6) is 0.654. The Morgan fingerprint density at radius 2 is 1.48 bits per heavy atom. The lowest BCUT2D eigenvalue weighted by atomic mass is 10.3. The number of benzene rings is 1. The van der Waals surface area contributed by atoms with E-state index in [4.69, 9.17) is 16.3 Å². The molecule has 21 heavy (non-hydrogen) atoms. The summed E-state index contributed by atoms with van der Waals surface area (Å²) < 4.78 is 4.98. The second-order valence-electron chi connectivity index (χ2n) is 4.54. The molecule has 0 aliphatic carbocycles. The Morgan fingerprint density at radius 1 is 1.05 bits per heavy atom. The third-order valence-electron chi connectivity index (χ3n) is 2.86. The molecular formula is C16H27ClN2O2. The van der Waals surface area contributed by atoms with Crippen LogP contribution in [-0.2, 0) is 4.79 Å². The van der Waals surface area contributed by atoms with Crippen LogP contribution >= 0.6 is 11.6 Å². The lowest BCUT2D eigenvalue weighted by molar-refractivity contribution is -0.109. The number of carbonyl (C=O) groups excluding carboxylic acids is 1. The highest BCUT2D eigenvalue weighted by Crippen LogP contribution is 2.14. The van der Waals surface area contributed by atoms with Gasteiger partial charge in [0.15, 0.2) is 6.29 Å². The van der Waals surface area contributed by atoms with Crippen molar-refractivity contribution in [1.29, 1.82) is 0 Å². The first-order chi connectivity index (χ1) is 10.1. The number of rotatable bonds is 3. The van der Waals surface area contributed by atoms with Gasteiger partial charge in [0.25, 0.3) is 0 Å². The molecule has 1 aliphatic heterocycles. The monoisotopic (exact) mass is 314 g/mol. The molecule has 0 saturated carbocycles. The summed E-state index contributed by atoms with van der Waals surface area (Å²) in [5.41, 5.74) is 0. The summed E-state index contributed by atoms with van der Waals surface area (Å²) in [6.07, 6.45) is 0.703. The predicted octanol–water partition coefficient (Wildman–Crippen LogP) is 2.81. The first-order valence-corrected chi connectivity index (χ1v) is 7.68. The molecule has 0 radical (unpaired) electrons. The average molecular weight is 315 g/mol. The van der Waals surface area contributed by atoms with Crippen molar-refractivity contribution in [3.8, 4) is 5.75 Å². The number of ether oxygens (including phenoxy) is 1. The molecule has 2 rings (SSSR count). The number of nitrogens with zero attached hydrogens (tertiary/aromatic N) is 2. The maximum absolute atomic E-state index is 9.89. The van der Waals surface area contributed by atoms with Crippen LogP contribution in [0.1, 0.15) is 13.8 Å². The van der Waals surface area contributed by atoms with Crippen molar-refractivity contribution in [3.05, 3.63) is 29.3 Å². The zero-order valence-electron chi connectivity index (χ0n) is 13.5. The number of hydrogen-bond donors (Lipinski definition) is 0. The van der Waals surface area contributed by atoms with Crippen molar-refractivity contribution in [2.24, 2.45) is 0 Å². The lowest BCUT2D eigenvalue weighted by Crippen LogP contribution is -2.42. The smallest absolute Gasteiger partial charge is 0.157 e. The fraction of sp³-hybridized carbons (Fsp3) is 0.562. The van der Waals surface area contributed by atoms with Crippen molar-refractivity contribution in [2.45, 2.75) is 13.8 Å². The second-order valence-corrected chi connectivity index (χ2v) is 4.97. The summed E-state index contributed by atoms with van der Waals surface area (Å²) in [4.78, 5) is 14.6. The van der Waals surface area contributed by atoms with Gasteiger partial charge in [-0.05, 0) is 38.4 Å². The molecule has 1 fully saturated rings. The van der Waals surface area contributed by atoms with E-state index in [9.17, 15) is 4.79 Å². The maximum atomic E-state index is 9.89. The minimum Gasteiger partial charge on any atom is -0.486 e. The van der Waals surface area contributed by atoms with Crippen LogP contribution in [0.25, 0.3) is 0 Å². The lowest BCUT2D eigenvalue weighted by Gasteiger charge is -2.28. The fourth-order valence-corrected chi connectivity index (χ4v) is 1.69. The minimum atomic E-state index is 0.0850. The van der Waals surface area contributed by atoms with Gasteiger partial charge in [-0.3, -0.25) is 4.79 Å². The standard InChI is InChI=1S/C8H7ClO2.C6H14N2.C2H6/c9-7-1-3-8(4-2-7)11-6-5-10;1-7-3-5-8(2)6-4-7;1-2/h1-5H,6H2;3-6H2,1-2H3;1-2H3. The molecule has 0 bridgehead atoms. The summed E-state index contributed by atoms with van der Waals surface area (Å²) >= 11 is 5.62. The molecule has 5 heteroatoms. The highest BCUT2D eigenvalue weighted by atomic mass is 35.5. The van der Waals surface area contributed by atoms with Crippen LogP contribution in [0.2, 0.25) is 5.02 Å². The molecule has 0 atom stereocenters. The Hall–Kier alpha value is -1.10. The van der Waals surface area contributed by atoms with E-state index in [1.165, 1.54) is 26.2 Å². The van der Waals surface area contributed by atoms with Crippen LogP contribution in [0.15, 0.2) is 24.3 Å². The molecule has 1 aliphatic rings. The predicted molar refractivity (Wildman–Crippen MR) is 89.4 cm³/mol. The summed E-state index contributed by atoms with van der Waals surface area (Å²) in [6.45, 7) is 9.02. The molecule has 4 nitrogen and oxygen atoms in total. The molecule has 1 heterocycles. The molecule has 0 unspecified atom stereocenters. The molecule has 1 aromatic carbocycles. The second kappa shape index (κ2) is 12.6. The highest BCUT2D eigenvalue weighted by molar-refractivity contribution is 6.30. The first kappa shape index (κ1) is 19.9. The van der Waals surface area contributed by atoms with Gasteiger partial charge in [0, 0.05) is 31.2 Å². The van der Waals surface area contributed by atoms with E-state index < -0.39 is 0 Å². The van der Waals surface area contributed by atoms with Crippen LogP contribution in [0, 0.1) is 0 Å². The van der Waals surface area contributed by atoms with Crippen LogP contribution in [-0.4, -0.2) is 63.0 Å². The molecule has 0 spiro atoms. The largest absolute Gasteiger partial charge is 0.486 e. The van der Waals surface area contributed by atoms with E-state index >= 15 is 0 Å². The molecule has 0 N–H and O–H groups in total. The molecule has 0 amide bonds. The van der Waals surface area contributed by atoms with Crippen molar-refractivity contribution in [1.82, 2.24) is 9.80 Å². The number of likely N-dealkylation sites (N-methyl/N-ethyl adjacent to an activating group) is 2. The van der Waals surface area contributed by atoms with Crippen molar-refractivity contribution < 1.29 is 9.53 Å². The summed E-state index contributed by atoms with van der Waals surface area (Å²) in [7, 11) is 4.35. The Kier molecular flexibility index (Phi) is 12.0. The Balaban J connectivity index is 0.000000354. The number of aldehydes is 1. The molecule has 120 valence electrons. The van der Waals surface area contributed by atoms with Crippen LogP contribution in [0.4, 0.5) is 0 Å². The van der Waals surface area contributed by atoms with Gasteiger partial charge >= 0.3 is 0 Å². The van der Waals surface area contributed by atoms with Gasteiger partial charge < -0.3 is 14.5 Å². The van der Waals surface area contributed by atoms with Gasteiger partial charge in [-0.15, -0.1) is 0 Å². The third kappa shape index (κ3) is 10.3. The minimum absolute atomic E-state index is 0.0850. The van der Waals surface area contributed by atoms with Gasteiger partial charge in [0.05, 0.1) is 0 Å². The Morgan fingerprint density at radius 3 is 1.86 bits per heavy atom. The Bertz CT molecular complexity index is 353. The summed E-state index contributed by atoms with van der Waals surface area (Å²) in [5, 5.41) is 0.656. The van der Waals surface area contributed by atoms with E-state index in [1.807, 2.05) is 13.8 Å². The van der Waals surface area contributed by atoms with E-state index in [2.05, 4.69) is 23.9 Å². The van der Waals surface area contributed by atoms with Crippen LogP contribution in [0.5, 0.6) is 5.75 Å². The van der Waals surface area contributed by atoms with Gasteiger partial charge in [-0.2, -0.15) is 0 Å². The number of carbonyl (C=O) groups is 1. The zero-order chi connectivity index (χ0) is 16.1. The van der Waals surface area contributed by atoms with E-state index in [-0.39, 0.29) is 6.61 Å². The van der Waals surface area contributed by atoms with Gasteiger partial charge in [0.1, 0.15) is 12.4 Å². The van der Waals surface area contributed by atoms with Gasteiger partial charge in [-0.1, -0.05) is 25.4 Å². The average Bonchev–Trinajstić information content (AvgIpc) is 2.52. The van der Waals surface area contributed by atoms with Crippen LogP contribution < -0.4 is 4.74 Å². The van der Waals surface area contributed by atoms with Crippen molar-refractivity contribution in [2.75, 3.05) is 46.9 Å². The molecular weight excluding hydrogens is 288 g/mol. The third-order valence-corrected chi connectivity index (χ3v) is 3.11. The summed E-state index contributed by atoms with van der Waals surface area (Å²) in [6, 6.07) is 6.85. The van der Waals surface area contributed by atoms with Gasteiger partial charge in [-0.25, -0.2) is 0 Å². The Labute approximate surface area is 133 Å². The molecule has 0 aromatic heterocycles. The van der Waals surface area contributed by atoms with E-state index in [1.54, 1.807) is 24.3 Å². The molecule has 1 saturated heterocycles.